The highest BCUT2D eigenvalue weighted by Gasteiger charge is 2.23. The van der Waals surface area contributed by atoms with Gasteiger partial charge in [-0.2, -0.15) is 0 Å². The first-order valence-electron chi connectivity index (χ1n) is 8.53. The number of benzene rings is 1. The summed E-state index contributed by atoms with van der Waals surface area (Å²) < 4.78 is 0. The summed E-state index contributed by atoms with van der Waals surface area (Å²) in [7, 11) is 0. The van der Waals surface area contributed by atoms with Gasteiger partial charge in [0.05, 0.1) is 0 Å². The summed E-state index contributed by atoms with van der Waals surface area (Å²) in [6.07, 6.45) is 9.91. The Morgan fingerprint density at radius 2 is 1.65 bits per heavy atom. The number of hydrogen-bond acceptors (Lipinski definition) is 1. The van der Waals surface area contributed by atoms with Crippen molar-refractivity contribution in [3.05, 3.63) is 35.9 Å². The Labute approximate surface area is 125 Å². The largest absolute Gasteiger partial charge is 0.314 e. The fraction of sp³-hybridized carbons (Fsp3) is 0.684. The normalized spacial score (nSPS) is 18.9. The molecule has 0 aromatic heterocycles. The second-order valence-electron chi connectivity index (χ2n) is 6.76. The molecule has 2 rings (SSSR count). The summed E-state index contributed by atoms with van der Waals surface area (Å²) in [6.45, 7) is 5.69. The molecule has 1 heteroatoms. The van der Waals surface area contributed by atoms with E-state index in [0.29, 0.717) is 6.04 Å². The highest BCUT2D eigenvalue weighted by Crippen LogP contribution is 2.30. The van der Waals surface area contributed by atoms with Crippen LogP contribution in [-0.2, 0) is 6.42 Å². The van der Waals surface area contributed by atoms with Crippen molar-refractivity contribution >= 4 is 0 Å². The van der Waals surface area contributed by atoms with Gasteiger partial charge in [-0.05, 0) is 30.4 Å². The Bertz CT molecular complexity index is 349. The summed E-state index contributed by atoms with van der Waals surface area (Å²) in [4.78, 5) is 0. The van der Waals surface area contributed by atoms with Crippen molar-refractivity contribution in [2.45, 2.75) is 64.8 Å². The van der Waals surface area contributed by atoms with Crippen molar-refractivity contribution < 1.29 is 0 Å². The fourth-order valence-electron chi connectivity index (χ4n) is 3.49. The van der Waals surface area contributed by atoms with E-state index in [9.17, 15) is 0 Å². The summed E-state index contributed by atoms with van der Waals surface area (Å²) in [6, 6.07) is 11.7. The molecule has 112 valence electrons. The Balaban J connectivity index is 1.98. The fourth-order valence-corrected chi connectivity index (χ4v) is 3.49. The predicted molar refractivity (Wildman–Crippen MR) is 88.0 cm³/mol. The van der Waals surface area contributed by atoms with E-state index in [0.717, 1.165) is 11.8 Å². The molecule has 1 atom stereocenters. The average Bonchev–Trinajstić information content (AvgIpc) is 2.73. The molecule has 1 aliphatic rings. The van der Waals surface area contributed by atoms with Crippen LogP contribution in [0.25, 0.3) is 0 Å². The van der Waals surface area contributed by atoms with E-state index in [-0.39, 0.29) is 0 Å². The molecule has 1 N–H and O–H groups in total. The van der Waals surface area contributed by atoms with Crippen LogP contribution in [0.3, 0.4) is 0 Å². The van der Waals surface area contributed by atoms with Crippen LogP contribution < -0.4 is 5.32 Å². The monoisotopic (exact) mass is 273 g/mol. The molecule has 1 saturated carbocycles. The van der Waals surface area contributed by atoms with E-state index in [1.807, 2.05) is 0 Å². The van der Waals surface area contributed by atoms with E-state index in [1.165, 1.54) is 57.1 Å². The zero-order chi connectivity index (χ0) is 14.2. The number of hydrogen-bond donors (Lipinski definition) is 1. The minimum atomic E-state index is 0.596. The molecule has 0 aliphatic heterocycles. The lowest BCUT2D eigenvalue weighted by atomic mass is 9.82. The van der Waals surface area contributed by atoms with Crippen LogP contribution in [0.1, 0.15) is 57.9 Å². The SMILES string of the molecule is CC(C)NCC(Cc1ccccc1)C1CCCCCC1. The molecule has 0 heterocycles. The predicted octanol–water partition coefficient (Wildman–Crippen LogP) is 4.81. The molecule has 1 aliphatic carbocycles. The average molecular weight is 273 g/mol. The molecule has 1 aromatic carbocycles. The third kappa shape index (κ3) is 5.28. The van der Waals surface area contributed by atoms with Crippen molar-refractivity contribution in [3.8, 4) is 0 Å². The quantitative estimate of drug-likeness (QED) is 0.733. The third-order valence-electron chi connectivity index (χ3n) is 4.70. The second kappa shape index (κ2) is 8.46. The number of rotatable bonds is 6. The first-order valence-corrected chi connectivity index (χ1v) is 8.53. The zero-order valence-electron chi connectivity index (χ0n) is 13.3. The molecular formula is C19H31N. The van der Waals surface area contributed by atoms with Gasteiger partial charge in [0.2, 0.25) is 0 Å². The molecule has 1 unspecified atom stereocenters. The van der Waals surface area contributed by atoms with Gasteiger partial charge in [-0.3, -0.25) is 0 Å². The molecule has 0 saturated heterocycles. The van der Waals surface area contributed by atoms with E-state index in [1.54, 1.807) is 0 Å². The maximum Gasteiger partial charge on any atom is 0.00104 e. The van der Waals surface area contributed by atoms with Crippen molar-refractivity contribution in [1.29, 1.82) is 0 Å². The smallest absolute Gasteiger partial charge is 0.00104 e. The van der Waals surface area contributed by atoms with Crippen LogP contribution in [0, 0.1) is 11.8 Å². The minimum absolute atomic E-state index is 0.596. The summed E-state index contributed by atoms with van der Waals surface area (Å²) in [5.74, 6) is 1.72. The van der Waals surface area contributed by atoms with Gasteiger partial charge >= 0.3 is 0 Å². The van der Waals surface area contributed by atoms with Crippen LogP contribution in [0.15, 0.2) is 30.3 Å². The van der Waals surface area contributed by atoms with Gasteiger partial charge in [0.25, 0.3) is 0 Å². The van der Waals surface area contributed by atoms with Crippen LogP contribution in [0.4, 0.5) is 0 Å². The Kier molecular flexibility index (Phi) is 6.59. The molecule has 0 radical (unpaired) electrons. The van der Waals surface area contributed by atoms with Gasteiger partial charge in [-0.15, -0.1) is 0 Å². The van der Waals surface area contributed by atoms with Crippen LogP contribution in [0.2, 0.25) is 0 Å². The highest BCUT2D eigenvalue weighted by atomic mass is 14.9. The van der Waals surface area contributed by atoms with Gasteiger partial charge in [0.1, 0.15) is 0 Å². The second-order valence-corrected chi connectivity index (χ2v) is 6.76. The molecule has 0 bridgehead atoms. The lowest BCUT2D eigenvalue weighted by molar-refractivity contribution is 0.278. The van der Waals surface area contributed by atoms with Gasteiger partial charge in [0, 0.05) is 6.04 Å². The number of nitrogens with one attached hydrogen (secondary N) is 1. The molecule has 1 aromatic rings. The molecule has 1 nitrogen and oxygen atoms in total. The molecule has 1 fully saturated rings. The summed E-state index contributed by atoms with van der Waals surface area (Å²) in [5, 5.41) is 3.68. The topological polar surface area (TPSA) is 12.0 Å². The van der Waals surface area contributed by atoms with E-state index in [4.69, 9.17) is 0 Å². The Hall–Kier alpha value is -0.820. The van der Waals surface area contributed by atoms with Crippen molar-refractivity contribution in [2.75, 3.05) is 6.54 Å². The molecule has 20 heavy (non-hydrogen) atoms. The first kappa shape index (κ1) is 15.6. The highest BCUT2D eigenvalue weighted by molar-refractivity contribution is 5.15. The van der Waals surface area contributed by atoms with E-state index >= 15 is 0 Å². The van der Waals surface area contributed by atoms with Gasteiger partial charge in [-0.1, -0.05) is 82.7 Å². The van der Waals surface area contributed by atoms with Crippen molar-refractivity contribution in [2.24, 2.45) is 11.8 Å². The van der Waals surface area contributed by atoms with Gasteiger partial charge < -0.3 is 5.32 Å². The maximum atomic E-state index is 3.68. The summed E-state index contributed by atoms with van der Waals surface area (Å²) >= 11 is 0. The van der Waals surface area contributed by atoms with Crippen LogP contribution in [0.5, 0.6) is 0 Å². The first-order chi connectivity index (χ1) is 9.75. The lowest BCUT2D eigenvalue weighted by Crippen LogP contribution is -2.33. The standard InChI is InChI=1S/C19H31N/c1-16(2)20-15-19(14-17-10-6-5-7-11-17)18-12-8-3-4-9-13-18/h5-7,10-11,16,18-20H,3-4,8-9,12-15H2,1-2H3. The maximum absolute atomic E-state index is 3.68. The van der Waals surface area contributed by atoms with Crippen molar-refractivity contribution in [1.82, 2.24) is 5.32 Å². The summed E-state index contributed by atoms with van der Waals surface area (Å²) in [5.41, 5.74) is 1.51. The van der Waals surface area contributed by atoms with E-state index in [2.05, 4.69) is 49.5 Å². The van der Waals surface area contributed by atoms with Crippen LogP contribution in [-0.4, -0.2) is 12.6 Å². The van der Waals surface area contributed by atoms with Crippen molar-refractivity contribution in [3.63, 3.8) is 0 Å². The third-order valence-corrected chi connectivity index (χ3v) is 4.70. The Morgan fingerprint density at radius 1 is 1.00 bits per heavy atom. The van der Waals surface area contributed by atoms with Crippen LogP contribution >= 0.6 is 0 Å². The molecule has 0 spiro atoms. The van der Waals surface area contributed by atoms with E-state index < -0.39 is 0 Å². The minimum Gasteiger partial charge on any atom is -0.314 e. The Morgan fingerprint density at radius 3 is 2.25 bits per heavy atom. The van der Waals surface area contributed by atoms with Gasteiger partial charge in [-0.25, -0.2) is 0 Å². The zero-order valence-corrected chi connectivity index (χ0v) is 13.3. The molecule has 0 amide bonds. The lowest BCUT2D eigenvalue weighted by Gasteiger charge is -2.27. The van der Waals surface area contributed by atoms with Gasteiger partial charge in [0.15, 0.2) is 0 Å². The molecular weight excluding hydrogens is 242 g/mol.